The molecule has 418 valence electrons. The van der Waals surface area contributed by atoms with Crippen LogP contribution in [0, 0.1) is 0 Å². The first-order valence-electron chi connectivity index (χ1n) is 23.1. The van der Waals surface area contributed by atoms with Gasteiger partial charge in [-0.05, 0) is 0 Å². The molecule has 74 heavy (non-hydrogen) atoms. The van der Waals surface area contributed by atoms with Crippen LogP contribution in [-0.4, -0.2) is 296 Å². The Morgan fingerprint density at radius 1 is 0.405 bits per heavy atom. The summed E-state index contributed by atoms with van der Waals surface area (Å²) in [5.74, 6) is 0.0554. The Bertz CT molecular complexity index is 2230. The second-order valence-corrected chi connectivity index (χ2v) is 21.5. The molecule has 0 saturated carbocycles. The zero-order valence-corrected chi connectivity index (χ0v) is 41.1. The van der Waals surface area contributed by atoms with Crippen LogP contribution in [0.3, 0.4) is 0 Å². The Labute approximate surface area is 430 Å². The van der Waals surface area contributed by atoms with Gasteiger partial charge in [-0.3, -0.25) is 0 Å². The normalized spacial score (nSPS) is 43.2. The average Bonchev–Trinajstić information content (AvgIpc) is 4.18. The first kappa shape index (κ1) is 57.7. The SMILES string of the molecule is OC[C@H]1O[C@@H](SCc2cn(C[C@H]3O[C@H](O[C@H]4[C@H](O)[C@@H](O)[C@H](n5cc(CS[C@@H]6O[C@H](CO)[C@H](O)[C@H](O)[C@H]6O)nn5)O[C@@H]4Cn4cc(CS[C@@H]5O[C@H](CO)[C@H](O)[C@H](O)[C@H]5O)nn4)[C@H](O)[C@@H](O)[C@@H]3O)nn2)[C@H](O)[C@@H](O)[C@H]1O. The minimum absolute atomic E-state index is 0.0185. The zero-order valence-electron chi connectivity index (χ0n) is 38.6. The minimum Gasteiger partial charge on any atom is -0.394 e. The third kappa shape index (κ3) is 12.5. The van der Waals surface area contributed by atoms with Crippen molar-refractivity contribution in [2.24, 2.45) is 0 Å². The van der Waals surface area contributed by atoms with E-state index in [1.54, 1.807) is 0 Å². The molecule has 5 fully saturated rings. The van der Waals surface area contributed by atoms with Crippen molar-refractivity contribution >= 4 is 35.3 Å². The van der Waals surface area contributed by atoms with Crippen molar-refractivity contribution in [3.8, 4) is 0 Å². The summed E-state index contributed by atoms with van der Waals surface area (Å²) in [5.41, 5.74) is -2.42. The molecule has 0 bridgehead atoms. The van der Waals surface area contributed by atoms with Crippen molar-refractivity contribution in [3.05, 3.63) is 35.7 Å². The number of nitrogens with zero attached hydrogens (tertiary/aromatic N) is 9. The molecule has 3 aromatic heterocycles. The lowest BCUT2D eigenvalue weighted by molar-refractivity contribution is -0.345. The van der Waals surface area contributed by atoms with Gasteiger partial charge in [0.2, 0.25) is 0 Å². The maximum atomic E-state index is 11.8. The van der Waals surface area contributed by atoms with E-state index < -0.39 is 171 Å². The summed E-state index contributed by atoms with van der Waals surface area (Å²) in [5, 5.41) is 202. The highest BCUT2D eigenvalue weighted by atomic mass is 32.2. The number of aliphatic hydroxyl groups excluding tert-OH is 17. The second-order valence-electron chi connectivity index (χ2n) is 18.2. The van der Waals surface area contributed by atoms with Gasteiger partial charge in [0, 0.05) is 29.7 Å². The molecule has 0 spiro atoms. The molecule has 5 aliphatic rings. The van der Waals surface area contributed by atoms with E-state index in [4.69, 9.17) is 28.4 Å². The standard InChI is InChI=1S/C39H61N9O23S3/c49-6-17-21(53)25(57)31(63)37(68-17)72-9-12-1-46(43-40-12)4-15-20(52)24(56)30(62)36(67-15)71-34-16(5-47-2-13(41-44-47)10-73-38-32(64)26(58)22(54)18(7-50)69-38)66-35(29(61)28(34)60)48-3-14(42-45-48)11-74-39-33(65)27(59)23(55)19(8-51)70-39/h1-3,15-39,49-65H,4-11H2/t15-,16-,17-,18-,19-,20-,21+,22+,23+,24+,25+,26+,27+,28-,29-,30-,31-,32-,33-,34-,35-,36-,37+,38+,39+/m1/s1. The monoisotopic (exact) mass is 1120 g/mol. The molecule has 8 rings (SSSR count). The highest BCUT2D eigenvalue weighted by Crippen LogP contribution is 2.37. The van der Waals surface area contributed by atoms with E-state index in [0.717, 1.165) is 40.0 Å². The van der Waals surface area contributed by atoms with E-state index in [1.165, 1.54) is 28.0 Å². The van der Waals surface area contributed by atoms with Gasteiger partial charge < -0.3 is 115 Å². The molecule has 8 heterocycles. The van der Waals surface area contributed by atoms with Crippen molar-refractivity contribution in [2.45, 2.75) is 181 Å². The maximum Gasteiger partial charge on any atom is 0.187 e. The zero-order chi connectivity index (χ0) is 53.3. The lowest BCUT2D eigenvalue weighted by Gasteiger charge is -2.46. The Morgan fingerprint density at radius 3 is 1.24 bits per heavy atom. The molecule has 5 aliphatic heterocycles. The molecule has 25 atom stereocenters. The van der Waals surface area contributed by atoms with Gasteiger partial charge in [0.1, 0.15) is 138 Å². The summed E-state index contributed by atoms with van der Waals surface area (Å²) in [6.45, 7) is -2.50. The maximum absolute atomic E-state index is 11.8. The molecule has 0 radical (unpaired) electrons. The third-order valence-corrected chi connectivity index (χ3v) is 16.6. The van der Waals surface area contributed by atoms with Crippen LogP contribution < -0.4 is 0 Å². The molecule has 0 aliphatic carbocycles. The fourth-order valence-corrected chi connectivity index (χ4v) is 11.9. The first-order valence-corrected chi connectivity index (χ1v) is 26.3. The van der Waals surface area contributed by atoms with Gasteiger partial charge >= 0.3 is 0 Å². The van der Waals surface area contributed by atoms with Crippen LogP contribution in [-0.2, 0) is 58.8 Å². The fraction of sp³-hybridized carbons (Fsp3) is 0.846. The highest BCUT2D eigenvalue weighted by molar-refractivity contribution is 7.99. The summed E-state index contributed by atoms with van der Waals surface area (Å²) in [4.78, 5) is 0. The van der Waals surface area contributed by atoms with E-state index in [1.807, 2.05) is 0 Å². The van der Waals surface area contributed by atoms with Gasteiger partial charge in [0.05, 0.1) is 56.2 Å². The Kier molecular flexibility index (Phi) is 19.6. The summed E-state index contributed by atoms with van der Waals surface area (Å²) in [6.07, 6.45) is -30.3. The molecule has 3 aromatic rings. The number of rotatable bonds is 19. The number of thioether (sulfide) groups is 3. The van der Waals surface area contributed by atoms with Crippen LogP contribution in [0.2, 0.25) is 0 Å². The van der Waals surface area contributed by atoms with Crippen LogP contribution in [0.1, 0.15) is 23.3 Å². The number of hydrogen-bond donors (Lipinski definition) is 17. The van der Waals surface area contributed by atoms with Gasteiger partial charge in [0.25, 0.3) is 0 Å². The van der Waals surface area contributed by atoms with Crippen LogP contribution in [0.15, 0.2) is 18.6 Å². The summed E-state index contributed by atoms with van der Waals surface area (Å²) >= 11 is 2.92. The van der Waals surface area contributed by atoms with E-state index in [2.05, 4.69) is 30.9 Å². The van der Waals surface area contributed by atoms with E-state index in [-0.39, 0.29) is 36.0 Å². The lowest BCUT2D eigenvalue weighted by Crippen LogP contribution is -2.63. The van der Waals surface area contributed by atoms with Crippen molar-refractivity contribution in [2.75, 3.05) is 19.8 Å². The summed E-state index contributed by atoms with van der Waals surface area (Å²) < 4.78 is 38.7. The van der Waals surface area contributed by atoms with Gasteiger partial charge in [-0.1, -0.05) is 15.6 Å². The number of hydrogen-bond acceptors (Lipinski definition) is 32. The van der Waals surface area contributed by atoms with Gasteiger partial charge in [-0.2, -0.15) is 0 Å². The smallest absolute Gasteiger partial charge is 0.187 e. The average molecular weight is 1120 g/mol. The molecule has 0 unspecified atom stereocenters. The molecule has 35 heteroatoms. The van der Waals surface area contributed by atoms with Crippen LogP contribution in [0.5, 0.6) is 0 Å². The Balaban J connectivity index is 0.963. The van der Waals surface area contributed by atoms with E-state index in [0.29, 0.717) is 11.4 Å². The number of aliphatic hydroxyl groups is 17. The molecular weight excluding hydrogens is 1060 g/mol. The highest BCUT2D eigenvalue weighted by Gasteiger charge is 2.52. The van der Waals surface area contributed by atoms with Crippen molar-refractivity contribution < 1.29 is 115 Å². The largest absolute Gasteiger partial charge is 0.394 e. The number of aromatic nitrogens is 9. The van der Waals surface area contributed by atoms with E-state index >= 15 is 0 Å². The van der Waals surface area contributed by atoms with Crippen molar-refractivity contribution in [3.63, 3.8) is 0 Å². The van der Waals surface area contributed by atoms with Crippen LogP contribution in [0.4, 0.5) is 0 Å². The predicted molar refractivity (Wildman–Crippen MR) is 243 cm³/mol. The topological polar surface area (TPSA) is 491 Å². The first-order chi connectivity index (χ1) is 35.3. The third-order valence-electron chi connectivity index (χ3n) is 13.1. The molecule has 32 nitrogen and oxygen atoms in total. The lowest BCUT2D eigenvalue weighted by atomic mass is 9.96. The number of ether oxygens (including phenoxy) is 6. The molecule has 5 saturated heterocycles. The molecule has 0 aromatic carbocycles. The Hall–Kier alpha value is -2.45. The molecule has 0 amide bonds. The predicted octanol–water partition coefficient (Wildman–Crippen LogP) is -10.2. The Morgan fingerprint density at radius 2 is 0.797 bits per heavy atom. The van der Waals surface area contributed by atoms with Crippen LogP contribution >= 0.6 is 35.3 Å². The van der Waals surface area contributed by atoms with Crippen molar-refractivity contribution in [1.29, 1.82) is 0 Å². The summed E-state index contributed by atoms with van der Waals surface area (Å²) in [6, 6.07) is 0. The quantitative estimate of drug-likeness (QED) is 0.0530. The van der Waals surface area contributed by atoms with Crippen LogP contribution in [0.25, 0.3) is 0 Å². The summed E-state index contributed by atoms with van der Waals surface area (Å²) in [7, 11) is 0. The van der Waals surface area contributed by atoms with Gasteiger partial charge in [-0.15, -0.1) is 50.6 Å². The molecule has 17 N–H and O–H groups in total. The van der Waals surface area contributed by atoms with Gasteiger partial charge in [0.15, 0.2) is 12.5 Å². The fourth-order valence-electron chi connectivity index (χ4n) is 8.77. The van der Waals surface area contributed by atoms with E-state index in [9.17, 15) is 86.8 Å². The van der Waals surface area contributed by atoms with Crippen molar-refractivity contribution in [1.82, 2.24) is 45.0 Å². The minimum atomic E-state index is -1.96. The molecular formula is C39H61N9O23S3. The second kappa shape index (κ2) is 25.1. The van der Waals surface area contributed by atoms with Gasteiger partial charge in [-0.25, -0.2) is 14.0 Å².